The summed E-state index contributed by atoms with van der Waals surface area (Å²) in [5.41, 5.74) is 3.54. The van der Waals surface area contributed by atoms with E-state index in [2.05, 4.69) is 18.7 Å². The lowest BCUT2D eigenvalue weighted by molar-refractivity contribution is -0.119. The van der Waals surface area contributed by atoms with Crippen LogP contribution in [0.3, 0.4) is 0 Å². The Morgan fingerprint density at radius 1 is 1.30 bits per heavy atom. The predicted molar refractivity (Wildman–Crippen MR) is 80.5 cm³/mol. The van der Waals surface area contributed by atoms with Gasteiger partial charge in [0.15, 0.2) is 0 Å². The highest BCUT2D eigenvalue weighted by Gasteiger charge is 2.50. The molecule has 0 radical (unpaired) electrons. The van der Waals surface area contributed by atoms with E-state index in [-0.39, 0.29) is 0 Å². The van der Waals surface area contributed by atoms with Crippen molar-refractivity contribution in [2.75, 3.05) is 13.1 Å². The number of likely N-dealkylation sites (tertiary alicyclic amines) is 1. The number of nitrogens with zero attached hydrogens (tertiary/aromatic N) is 1. The second kappa shape index (κ2) is 4.43. The number of Topliss-reactive ketones (excluding diaryl/α,β-unsaturated/α-hetero) is 1. The number of carbonyl (C=O) groups is 1. The summed E-state index contributed by atoms with van der Waals surface area (Å²) in [5, 5.41) is 0. The molecular weight excluding hydrogens is 246 g/mol. The number of hydrogen-bond donors (Lipinski definition) is 0. The van der Waals surface area contributed by atoms with Crippen molar-refractivity contribution in [3.8, 4) is 0 Å². The molecule has 0 aromatic rings. The lowest BCUT2D eigenvalue weighted by atomic mass is 9.56. The fourth-order valence-corrected chi connectivity index (χ4v) is 5.04. The molecule has 2 nitrogen and oxygen atoms in total. The number of hydrogen-bond acceptors (Lipinski definition) is 2. The summed E-state index contributed by atoms with van der Waals surface area (Å²) in [4.78, 5) is 14.7. The van der Waals surface area contributed by atoms with E-state index in [1.165, 1.54) is 38.8 Å². The van der Waals surface area contributed by atoms with Crippen LogP contribution in [0.25, 0.3) is 0 Å². The minimum absolute atomic E-state index is 0.314. The molecule has 0 N–H and O–H groups in total. The molecule has 2 bridgehead atoms. The molecule has 1 saturated heterocycles. The first-order valence-corrected chi connectivity index (χ1v) is 8.55. The Balaban J connectivity index is 1.65. The van der Waals surface area contributed by atoms with Gasteiger partial charge in [0.25, 0.3) is 0 Å². The molecule has 4 rings (SSSR count). The zero-order chi connectivity index (χ0) is 13.9. The topological polar surface area (TPSA) is 20.3 Å². The zero-order valence-electron chi connectivity index (χ0n) is 13.0. The average Bonchev–Trinajstić information content (AvgIpc) is 3.22. The van der Waals surface area contributed by atoms with Crippen molar-refractivity contribution in [2.45, 2.75) is 64.8 Å². The van der Waals surface area contributed by atoms with E-state index in [9.17, 15) is 4.79 Å². The fraction of sp³-hybridized carbons (Fsp3) is 0.833. The van der Waals surface area contributed by atoms with E-state index in [0.29, 0.717) is 11.2 Å². The minimum atomic E-state index is 0.314. The molecule has 2 fully saturated rings. The number of rotatable bonds is 2. The van der Waals surface area contributed by atoms with Gasteiger partial charge in [0.05, 0.1) is 0 Å². The first-order valence-electron chi connectivity index (χ1n) is 8.55. The van der Waals surface area contributed by atoms with Crippen LogP contribution in [-0.2, 0) is 4.79 Å². The molecular formula is C18H27NO. The summed E-state index contributed by atoms with van der Waals surface area (Å²) >= 11 is 0. The van der Waals surface area contributed by atoms with Crippen LogP contribution >= 0.6 is 0 Å². The van der Waals surface area contributed by atoms with Gasteiger partial charge in [-0.2, -0.15) is 0 Å². The van der Waals surface area contributed by atoms with Crippen LogP contribution in [0, 0.1) is 17.3 Å². The van der Waals surface area contributed by atoms with Crippen molar-refractivity contribution in [1.29, 1.82) is 0 Å². The molecule has 1 saturated carbocycles. The number of piperidine rings is 1. The van der Waals surface area contributed by atoms with Gasteiger partial charge in [-0.05, 0) is 55.9 Å². The molecule has 20 heavy (non-hydrogen) atoms. The van der Waals surface area contributed by atoms with Crippen molar-refractivity contribution in [3.05, 3.63) is 11.1 Å². The first-order chi connectivity index (χ1) is 9.58. The highest BCUT2D eigenvalue weighted by atomic mass is 16.1. The Morgan fingerprint density at radius 2 is 2.10 bits per heavy atom. The predicted octanol–water partition coefficient (Wildman–Crippen LogP) is 3.57. The monoisotopic (exact) mass is 273 g/mol. The number of carbonyl (C=O) groups excluding carboxylic acids is 1. The van der Waals surface area contributed by atoms with Gasteiger partial charge in [-0.1, -0.05) is 25.0 Å². The molecule has 110 valence electrons. The summed E-state index contributed by atoms with van der Waals surface area (Å²) in [6, 6.07) is 0.751. The van der Waals surface area contributed by atoms with Crippen LogP contribution in [0.2, 0.25) is 0 Å². The lowest BCUT2D eigenvalue weighted by Crippen LogP contribution is -2.56. The fourth-order valence-electron chi connectivity index (χ4n) is 5.04. The number of ketones is 1. The van der Waals surface area contributed by atoms with Gasteiger partial charge < -0.3 is 0 Å². The molecule has 0 amide bonds. The largest absolute Gasteiger partial charge is 0.299 e. The standard InChI is InChI=1S/C18H27NO/c1-12-17-9-14-5-6-15(20)10-16(14)18(12,2)7-8-19(17)11-13-3-4-13/h12-13,17H,3-11H2,1-2H3/t12-,17-,18-/m1/s1. The van der Waals surface area contributed by atoms with Gasteiger partial charge in [-0.3, -0.25) is 9.69 Å². The van der Waals surface area contributed by atoms with Crippen molar-refractivity contribution in [1.82, 2.24) is 4.90 Å². The second-order valence-corrected chi connectivity index (χ2v) is 7.96. The number of fused-ring (bicyclic) bond motifs is 3. The van der Waals surface area contributed by atoms with Gasteiger partial charge in [0.1, 0.15) is 5.78 Å². The summed E-state index contributed by atoms with van der Waals surface area (Å²) in [6.07, 6.45) is 8.07. The highest BCUT2D eigenvalue weighted by molar-refractivity contribution is 5.83. The van der Waals surface area contributed by atoms with Crippen LogP contribution in [-0.4, -0.2) is 29.8 Å². The van der Waals surface area contributed by atoms with Crippen molar-refractivity contribution < 1.29 is 4.79 Å². The van der Waals surface area contributed by atoms with Gasteiger partial charge in [-0.25, -0.2) is 0 Å². The Labute approximate surface area is 122 Å². The van der Waals surface area contributed by atoms with Crippen molar-refractivity contribution >= 4 is 5.78 Å². The molecule has 2 heteroatoms. The van der Waals surface area contributed by atoms with Gasteiger partial charge in [-0.15, -0.1) is 0 Å². The van der Waals surface area contributed by atoms with E-state index < -0.39 is 0 Å². The molecule has 0 spiro atoms. The molecule has 3 atom stereocenters. The van der Waals surface area contributed by atoms with Crippen molar-refractivity contribution in [3.63, 3.8) is 0 Å². The average molecular weight is 273 g/mol. The molecule has 4 aliphatic rings. The Kier molecular flexibility index (Phi) is 2.89. The third kappa shape index (κ3) is 1.91. The molecule has 0 unspecified atom stereocenters. The van der Waals surface area contributed by atoms with E-state index >= 15 is 0 Å². The summed E-state index contributed by atoms with van der Waals surface area (Å²) in [5.74, 6) is 2.20. The van der Waals surface area contributed by atoms with Crippen LogP contribution in [0.4, 0.5) is 0 Å². The van der Waals surface area contributed by atoms with Gasteiger partial charge in [0, 0.05) is 25.4 Å². The normalized spacial score (nSPS) is 41.8. The van der Waals surface area contributed by atoms with Crippen LogP contribution < -0.4 is 0 Å². The Bertz CT molecular complexity index is 476. The maximum Gasteiger partial charge on any atom is 0.137 e. The van der Waals surface area contributed by atoms with Crippen LogP contribution in [0.1, 0.15) is 58.8 Å². The number of allylic oxidation sites excluding steroid dienone is 1. The van der Waals surface area contributed by atoms with Crippen LogP contribution in [0.5, 0.6) is 0 Å². The molecule has 3 aliphatic carbocycles. The minimum Gasteiger partial charge on any atom is -0.299 e. The van der Waals surface area contributed by atoms with E-state index in [1.54, 1.807) is 11.1 Å². The quantitative estimate of drug-likeness (QED) is 0.717. The summed E-state index contributed by atoms with van der Waals surface area (Å²) in [7, 11) is 0. The van der Waals surface area contributed by atoms with Gasteiger partial charge in [0.2, 0.25) is 0 Å². The van der Waals surface area contributed by atoms with Crippen molar-refractivity contribution in [2.24, 2.45) is 17.3 Å². The van der Waals surface area contributed by atoms with Crippen LogP contribution in [0.15, 0.2) is 11.1 Å². The summed E-state index contributed by atoms with van der Waals surface area (Å²) in [6.45, 7) is 7.50. The summed E-state index contributed by atoms with van der Waals surface area (Å²) < 4.78 is 0. The first kappa shape index (κ1) is 13.1. The molecule has 0 aromatic carbocycles. The molecule has 1 heterocycles. The molecule has 1 aliphatic heterocycles. The maximum atomic E-state index is 11.9. The van der Waals surface area contributed by atoms with E-state index in [0.717, 1.165) is 37.1 Å². The lowest BCUT2D eigenvalue weighted by Gasteiger charge is -2.56. The maximum absolute atomic E-state index is 11.9. The smallest absolute Gasteiger partial charge is 0.137 e. The third-order valence-corrected chi connectivity index (χ3v) is 6.81. The van der Waals surface area contributed by atoms with E-state index in [4.69, 9.17) is 0 Å². The zero-order valence-corrected chi connectivity index (χ0v) is 13.0. The Morgan fingerprint density at radius 3 is 2.85 bits per heavy atom. The SMILES string of the molecule is C[C@@H]1[C@H]2CC3=C(CC(=O)CC3)[C@]1(C)CCN2CC1CC1. The molecule has 0 aromatic heterocycles. The van der Waals surface area contributed by atoms with E-state index in [1.807, 2.05) is 0 Å². The highest BCUT2D eigenvalue weighted by Crippen LogP contribution is 2.55. The second-order valence-electron chi connectivity index (χ2n) is 7.96. The third-order valence-electron chi connectivity index (χ3n) is 6.81. The van der Waals surface area contributed by atoms with Gasteiger partial charge >= 0.3 is 0 Å². The Hall–Kier alpha value is -0.630.